The topological polar surface area (TPSA) is 119 Å². The summed E-state index contributed by atoms with van der Waals surface area (Å²) in [6.45, 7) is 0.901. The molecule has 0 amide bonds. The lowest BCUT2D eigenvalue weighted by molar-refractivity contribution is -0.383. The van der Waals surface area contributed by atoms with E-state index in [9.17, 15) is 18.5 Å². The van der Waals surface area contributed by atoms with Crippen LogP contribution < -0.4 is 10.5 Å². The van der Waals surface area contributed by atoms with Crippen molar-refractivity contribution in [3.8, 4) is 0 Å². The molecule has 2 rings (SSSR count). The number of benzene rings is 1. The average Bonchev–Trinajstić information content (AvgIpc) is 3.22. The van der Waals surface area contributed by atoms with Crippen molar-refractivity contribution in [1.82, 2.24) is 9.62 Å². The van der Waals surface area contributed by atoms with Gasteiger partial charge in [-0.25, -0.2) is 13.1 Å². The van der Waals surface area contributed by atoms with Crippen LogP contribution in [0.25, 0.3) is 0 Å². The Kier molecular flexibility index (Phi) is 4.45. The van der Waals surface area contributed by atoms with Gasteiger partial charge in [0.05, 0.1) is 9.82 Å². The van der Waals surface area contributed by atoms with E-state index in [4.69, 9.17) is 5.73 Å². The second-order valence-corrected chi connectivity index (χ2v) is 6.85. The summed E-state index contributed by atoms with van der Waals surface area (Å²) >= 11 is 0. The van der Waals surface area contributed by atoms with Gasteiger partial charge in [-0.2, -0.15) is 0 Å². The highest BCUT2D eigenvalue weighted by Gasteiger charge is 2.26. The number of sulfonamides is 1. The standard InChI is InChI=1S/C12H18N4O4S/c1-15(9-2-3-9)7-6-14-21(19,20)10-4-5-12(16(17)18)11(13)8-10/h4-5,8-9,14H,2-3,6-7,13H2,1H3. The van der Waals surface area contributed by atoms with Gasteiger partial charge >= 0.3 is 0 Å². The Hall–Kier alpha value is -1.71. The highest BCUT2D eigenvalue weighted by atomic mass is 32.2. The maximum atomic E-state index is 12.1. The maximum Gasteiger partial charge on any atom is 0.292 e. The third-order valence-electron chi connectivity index (χ3n) is 3.43. The fourth-order valence-electron chi connectivity index (χ4n) is 2.00. The van der Waals surface area contributed by atoms with Crippen LogP contribution in [0.2, 0.25) is 0 Å². The molecular formula is C12H18N4O4S. The van der Waals surface area contributed by atoms with Gasteiger partial charge in [-0.3, -0.25) is 10.1 Å². The molecule has 1 aromatic carbocycles. The second-order valence-electron chi connectivity index (χ2n) is 5.09. The van der Waals surface area contributed by atoms with Crippen molar-refractivity contribution in [2.75, 3.05) is 25.9 Å². The molecular weight excluding hydrogens is 296 g/mol. The summed E-state index contributed by atoms with van der Waals surface area (Å²) in [5.41, 5.74) is 5.03. The molecule has 1 aromatic rings. The number of nitro groups is 1. The van der Waals surface area contributed by atoms with Gasteiger partial charge in [-0.05, 0) is 32.0 Å². The lowest BCUT2D eigenvalue weighted by atomic mass is 10.3. The molecule has 0 spiro atoms. The van der Waals surface area contributed by atoms with Crippen molar-refractivity contribution in [2.45, 2.75) is 23.8 Å². The zero-order chi connectivity index (χ0) is 15.6. The normalized spacial score (nSPS) is 15.3. The number of likely N-dealkylation sites (N-methyl/N-ethyl adjacent to an activating group) is 1. The van der Waals surface area contributed by atoms with E-state index in [1.807, 2.05) is 7.05 Å². The largest absolute Gasteiger partial charge is 0.393 e. The lowest BCUT2D eigenvalue weighted by Crippen LogP contribution is -2.34. The van der Waals surface area contributed by atoms with E-state index in [0.717, 1.165) is 25.0 Å². The molecule has 1 saturated carbocycles. The third-order valence-corrected chi connectivity index (χ3v) is 4.89. The van der Waals surface area contributed by atoms with Crippen LogP contribution in [0.1, 0.15) is 12.8 Å². The van der Waals surface area contributed by atoms with Crippen LogP contribution in [0, 0.1) is 10.1 Å². The minimum atomic E-state index is -3.71. The molecule has 0 aromatic heterocycles. The molecule has 0 radical (unpaired) electrons. The minimum absolute atomic E-state index is 0.0697. The summed E-state index contributed by atoms with van der Waals surface area (Å²) in [5, 5.41) is 10.7. The van der Waals surface area contributed by atoms with Gasteiger partial charge < -0.3 is 10.6 Å². The van der Waals surface area contributed by atoms with Gasteiger partial charge in [0.1, 0.15) is 5.69 Å². The SMILES string of the molecule is CN(CCNS(=O)(=O)c1ccc([N+](=O)[O-])c(N)c1)C1CC1. The first kappa shape index (κ1) is 15.7. The van der Waals surface area contributed by atoms with Gasteiger partial charge in [0.15, 0.2) is 0 Å². The third kappa shape index (κ3) is 3.90. The molecule has 116 valence electrons. The second kappa shape index (κ2) is 5.96. The van der Waals surface area contributed by atoms with Crippen molar-refractivity contribution in [3.05, 3.63) is 28.3 Å². The van der Waals surface area contributed by atoms with Crippen LogP contribution in [-0.4, -0.2) is 44.4 Å². The predicted octanol–water partition coefficient (Wildman–Crippen LogP) is 0.550. The smallest absolute Gasteiger partial charge is 0.292 e. The lowest BCUT2D eigenvalue weighted by Gasteiger charge is -2.15. The Morgan fingerprint density at radius 3 is 2.67 bits per heavy atom. The molecule has 21 heavy (non-hydrogen) atoms. The molecule has 1 aliphatic rings. The molecule has 0 heterocycles. The molecule has 0 atom stereocenters. The Morgan fingerprint density at radius 2 is 2.14 bits per heavy atom. The molecule has 0 unspecified atom stereocenters. The minimum Gasteiger partial charge on any atom is -0.393 e. The van der Waals surface area contributed by atoms with E-state index in [-0.39, 0.29) is 22.8 Å². The van der Waals surface area contributed by atoms with Crippen LogP contribution >= 0.6 is 0 Å². The van der Waals surface area contributed by atoms with Crippen molar-refractivity contribution in [2.24, 2.45) is 0 Å². The van der Waals surface area contributed by atoms with E-state index in [1.54, 1.807) is 0 Å². The van der Waals surface area contributed by atoms with Crippen LogP contribution in [0.4, 0.5) is 11.4 Å². The van der Waals surface area contributed by atoms with Crippen LogP contribution in [0.3, 0.4) is 0 Å². The van der Waals surface area contributed by atoms with Crippen molar-refractivity contribution in [1.29, 1.82) is 0 Å². The number of hydrogen-bond donors (Lipinski definition) is 2. The summed E-state index contributed by atoms with van der Waals surface area (Å²) in [4.78, 5) is 12.0. The zero-order valence-corrected chi connectivity index (χ0v) is 12.5. The molecule has 1 fully saturated rings. The first-order chi connectivity index (χ1) is 9.81. The van der Waals surface area contributed by atoms with Crippen molar-refractivity contribution >= 4 is 21.4 Å². The van der Waals surface area contributed by atoms with E-state index < -0.39 is 14.9 Å². The number of rotatable bonds is 7. The highest BCUT2D eigenvalue weighted by molar-refractivity contribution is 7.89. The number of nitro benzene ring substituents is 1. The Labute approximate surface area is 123 Å². The molecule has 0 bridgehead atoms. The van der Waals surface area contributed by atoms with Gasteiger partial charge in [-0.15, -0.1) is 0 Å². The van der Waals surface area contributed by atoms with Crippen LogP contribution in [-0.2, 0) is 10.0 Å². The maximum absolute atomic E-state index is 12.1. The molecule has 0 saturated heterocycles. The Morgan fingerprint density at radius 1 is 1.48 bits per heavy atom. The summed E-state index contributed by atoms with van der Waals surface area (Å²) in [6, 6.07) is 3.94. The number of anilines is 1. The molecule has 9 heteroatoms. The average molecular weight is 314 g/mol. The fraction of sp³-hybridized carbons (Fsp3) is 0.500. The number of nitrogen functional groups attached to an aromatic ring is 1. The fourth-order valence-corrected chi connectivity index (χ4v) is 3.06. The van der Waals surface area contributed by atoms with E-state index in [1.165, 1.54) is 6.07 Å². The monoisotopic (exact) mass is 314 g/mol. The highest BCUT2D eigenvalue weighted by Crippen LogP contribution is 2.25. The summed E-state index contributed by atoms with van der Waals surface area (Å²) in [7, 11) is -1.75. The Bertz CT molecular complexity index is 643. The number of nitrogens with two attached hydrogens (primary N) is 1. The van der Waals surface area contributed by atoms with Crippen LogP contribution in [0.15, 0.2) is 23.1 Å². The molecule has 0 aliphatic heterocycles. The number of nitrogens with one attached hydrogen (secondary N) is 1. The van der Waals surface area contributed by atoms with E-state index in [0.29, 0.717) is 12.6 Å². The van der Waals surface area contributed by atoms with Gasteiger partial charge in [0.25, 0.3) is 5.69 Å². The quantitative estimate of drug-likeness (QED) is 0.431. The number of hydrogen-bond acceptors (Lipinski definition) is 6. The van der Waals surface area contributed by atoms with Crippen molar-refractivity contribution in [3.63, 3.8) is 0 Å². The number of nitrogens with zero attached hydrogens (tertiary/aromatic N) is 2. The van der Waals surface area contributed by atoms with E-state index in [2.05, 4.69) is 9.62 Å². The predicted molar refractivity (Wildman–Crippen MR) is 78.3 cm³/mol. The van der Waals surface area contributed by atoms with Crippen LogP contribution in [0.5, 0.6) is 0 Å². The zero-order valence-electron chi connectivity index (χ0n) is 11.7. The molecule has 3 N–H and O–H groups in total. The molecule has 1 aliphatic carbocycles. The van der Waals surface area contributed by atoms with Crippen molar-refractivity contribution < 1.29 is 13.3 Å². The molecule has 8 nitrogen and oxygen atoms in total. The first-order valence-corrected chi connectivity index (χ1v) is 8.03. The summed E-state index contributed by atoms with van der Waals surface area (Å²) in [5.74, 6) is 0. The Balaban J connectivity index is 2.01. The summed E-state index contributed by atoms with van der Waals surface area (Å²) < 4.78 is 26.6. The van der Waals surface area contributed by atoms with Gasteiger partial charge in [0, 0.05) is 25.2 Å². The summed E-state index contributed by atoms with van der Waals surface area (Å²) in [6.07, 6.45) is 2.31. The van der Waals surface area contributed by atoms with E-state index >= 15 is 0 Å². The van der Waals surface area contributed by atoms with Gasteiger partial charge in [0.2, 0.25) is 10.0 Å². The first-order valence-electron chi connectivity index (χ1n) is 6.55. The van der Waals surface area contributed by atoms with Gasteiger partial charge in [-0.1, -0.05) is 0 Å².